The molecule has 0 spiro atoms. The van der Waals surface area contributed by atoms with Crippen LogP contribution in [0.2, 0.25) is 5.02 Å². The Morgan fingerprint density at radius 1 is 1.14 bits per heavy atom. The highest BCUT2D eigenvalue weighted by Gasteiger charge is 2.27. The zero-order chi connectivity index (χ0) is 15.7. The Bertz CT molecular complexity index is 740. The van der Waals surface area contributed by atoms with Crippen molar-refractivity contribution in [2.75, 3.05) is 10.6 Å². The maximum absolute atomic E-state index is 12.0. The molecule has 0 unspecified atom stereocenters. The van der Waals surface area contributed by atoms with Gasteiger partial charge in [0.1, 0.15) is 5.00 Å². The third-order valence-electron chi connectivity index (χ3n) is 3.46. The number of hydrogen-bond acceptors (Lipinski definition) is 3. The van der Waals surface area contributed by atoms with Crippen molar-refractivity contribution in [3.05, 3.63) is 45.3 Å². The lowest BCUT2D eigenvalue weighted by molar-refractivity contribution is 0.0697. The highest BCUT2D eigenvalue weighted by molar-refractivity contribution is 7.17. The summed E-state index contributed by atoms with van der Waals surface area (Å²) in [6, 6.07) is 6.21. The van der Waals surface area contributed by atoms with E-state index >= 15 is 0 Å². The van der Waals surface area contributed by atoms with Crippen LogP contribution in [0.3, 0.4) is 0 Å². The molecule has 0 radical (unpaired) electrons. The van der Waals surface area contributed by atoms with E-state index in [-0.39, 0.29) is 5.56 Å². The van der Waals surface area contributed by atoms with Crippen molar-refractivity contribution in [2.24, 2.45) is 0 Å². The Kier molecular flexibility index (Phi) is 4.04. The van der Waals surface area contributed by atoms with Gasteiger partial charge in [-0.1, -0.05) is 11.6 Å². The van der Waals surface area contributed by atoms with E-state index in [1.807, 2.05) is 0 Å². The van der Waals surface area contributed by atoms with Gasteiger partial charge >= 0.3 is 12.0 Å². The largest absolute Gasteiger partial charge is 0.478 e. The molecule has 3 N–H and O–H groups in total. The Labute approximate surface area is 135 Å². The SMILES string of the molecule is O=C(Nc1ccc(Cl)cc1)Nc1sc2c(c1C(=O)O)CCC2. The fourth-order valence-electron chi connectivity index (χ4n) is 2.52. The van der Waals surface area contributed by atoms with E-state index in [1.165, 1.54) is 11.3 Å². The minimum Gasteiger partial charge on any atom is -0.478 e. The highest BCUT2D eigenvalue weighted by atomic mass is 35.5. The molecule has 7 heteroatoms. The minimum absolute atomic E-state index is 0.226. The Morgan fingerprint density at radius 3 is 2.55 bits per heavy atom. The molecule has 0 saturated heterocycles. The summed E-state index contributed by atoms with van der Waals surface area (Å²) in [6.45, 7) is 0. The molecule has 1 aliphatic rings. The van der Waals surface area contributed by atoms with Crippen LogP contribution in [0.15, 0.2) is 24.3 Å². The fraction of sp³-hybridized carbons (Fsp3) is 0.200. The van der Waals surface area contributed by atoms with E-state index in [0.717, 1.165) is 29.7 Å². The van der Waals surface area contributed by atoms with Crippen molar-refractivity contribution in [2.45, 2.75) is 19.3 Å². The van der Waals surface area contributed by atoms with Gasteiger partial charge in [0.25, 0.3) is 0 Å². The topological polar surface area (TPSA) is 78.4 Å². The van der Waals surface area contributed by atoms with Crippen molar-refractivity contribution in [3.63, 3.8) is 0 Å². The van der Waals surface area contributed by atoms with Crippen LogP contribution in [-0.4, -0.2) is 17.1 Å². The molecule has 1 aliphatic carbocycles. The number of carbonyl (C=O) groups is 2. The number of urea groups is 1. The highest BCUT2D eigenvalue weighted by Crippen LogP contribution is 2.39. The van der Waals surface area contributed by atoms with E-state index in [4.69, 9.17) is 11.6 Å². The number of carboxylic acid groups (broad SMARTS) is 1. The van der Waals surface area contributed by atoms with Gasteiger partial charge in [0, 0.05) is 15.6 Å². The number of carbonyl (C=O) groups excluding carboxylic acids is 1. The second-order valence-electron chi connectivity index (χ2n) is 4.95. The molecule has 1 heterocycles. The van der Waals surface area contributed by atoms with Crippen LogP contribution in [0.4, 0.5) is 15.5 Å². The number of amides is 2. The predicted molar refractivity (Wildman–Crippen MR) is 87.4 cm³/mol. The molecular weight excluding hydrogens is 324 g/mol. The molecule has 1 aromatic heterocycles. The number of carboxylic acids is 1. The smallest absolute Gasteiger partial charge is 0.339 e. The molecule has 0 aliphatic heterocycles. The van der Waals surface area contributed by atoms with E-state index in [1.54, 1.807) is 24.3 Å². The van der Waals surface area contributed by atoms with Crippen molar-refractivity contribution < 1.29 is 14.7 Å². The number of fused-ring (bicyclic) bond motifs is 1. The normalized spacial score (nSPS) is 12.8. The number of nitrogens with one attached hydrogen (secondary N) is 2. The van der Waals surface area contributed by atoms with Crippen molar-refractivity contribution in [1.29, 1.82) is 0 Å². The Balaban J connectivity index is 1.77. The lowest BCUT2D eigenvalue weighted by Gasteiger charge is -2.07. The first-order chi connectivity index (χ1) is 10.5. The quantitative estimate of drug-likeness (QED) is 0.784. The van der Waals surface area contributed by atoms with Gasteiger partial charge < -0.3 is 10.4 Å². The minimum atomic E-state index is -0.999. The molecule has 2 amide bonds. The number of halogens is 1. The van der Waals surface area contributed by atoms with Gasteiger partial charge in [0.15, 0.2) is 0 Å². The van der Waals surface area contributed by atoms with Crippen molar-refractivity contribution in [1.82, 2.24) is 0 Å². The summed E-state index contributed by atoms with van der Waals surface area (Å²) < 4.78 is 0. The molecule has 0 bridgehead atoms. The summed E-state index contributed by atoms with van der Waals surface area (Å²) in [6.07, 6.45) is 2.60. The average Bonchev–Trinajstić information content (AvgIpc) is 3.01. The first-order valence-electron chi connectivity index (χ1n) is 6.76. The number of hydrogen-bond donors (Lipinski definition) is 3. The van der Waals surface area contributed by atoms with Crippen LogP contribution in [0.25, 0.3) is 0 Å². The predicted octanol–water partition coefficient (Wildman–Crippen LogP) is 4.23. The molecule has 5 nitrogen and oxygen atoms in total. The number of aryl methyl sites for hydroxylation is 1. The second-order valence-corrected chi connectivity index (χ2v) is 6.49. The van der Waals surface area contributed by atoms with Gasteiger partial charge in [0.2, 0.25) is 0 Å². The van der Waals surface area contributed by atoms with Crippen molar-refractivity contribution >= 4 is 45.6 Å². The van der Waals surface area contributed by atoms with Crippen LogP contribution in [0, 0.1) is 0 Å². The molecule has 3 rings (SSSR count). The summed E-state index contributed by atoms with van der Waals surface area (Å²) in [5, 5.41) is 15.6. The third kappa shape index (κ3) is 2.93. The molecule has 0 fully saturated rings. The van der Waals surface area contributed by atoms with Gasteiger partial charge in [-0.3, -0.25) is 5.32 Å². The maximum atomic E-state index is 12.0. The monoisotopic (exact) mass is 336 g/mol. The van der Waals surface area contributed by atoms with Crippen LogP contribution in [0.1, 0.15) is 27.2 Å². The molecule has 1 aromatic carbocycles. The molecule has 114 valence electrons. The molecular formula is C15H13ClN2O3S. The van der Waals surface area contributed by atoms with E-state index in [0.29, 0.717) is 15.7 Å². The van der Waals surface area contributed by atoms with Crippen LogP contribution in [0.5, 0.6) is 0 Å². The summed E-state index contributed by atoms with van der Waals surface area (Å²) in [7, 11) is 0. The lowest BCUT2D eigenvalue weighted by atomic mass is 10.1. The second kappa shape index (κ2) is 5.98. The zero-order valence-corrected chi connectivity index (χ0v) is 13.1. The summed E-state index contributed by atoms with van der Waals surface area (Å²) in [5.41, 5.74) is 1.67. The first-order valence-corrected chi connectivity index (χ1v) is 7.95. The van der Waals surface area contributed by atoms with Gasteiger partial charge in [-0.2, -0.15) is 0 Å². The van der Waals surface area contributed by atoms with Crippen LogP contribution >= 0.6 is 22.9 Å². The fourth-order valence-corrected chi connectivity index (χ4v) is 3.92. The van der Waals surface area contributed by atoms with E-state index in [2.05, 4.69) is 10.6 Å². The molecule has 0 atom stereocenters. The number of aromatic carboxylic acids is 1. The zero-order valence-electron chi connectivity index (χ0n) is 11.5. The molecule has 2 aromatic rings. The lowest BCUT2D eigenvalue weighted by Crippen LogP contribution is -2.20. The van der Waals surface area contributed by atoms with Gasteiger partial charge in [-0.05, 0) is 49.1 Å². The Hall–Kier alpha value is -2.05. The van der Waals surface area contributed by atoms with Gasteiger partial charge in [0.05, 0.1) is 5.56 Å². The third-order valence-corrected chi connectivity index (χ3v) is 4.92. The number of benzene rings is 1. The number of anilines is 2. The maximum Gasteiger partial charge on any atom is 0.339 e. The molecule has 0 saturated carbocycles. The van der Waals surface area contributed by atoms with Crippen molar-refractivity contribution in [3.8, 4) is 0 Å². The summed E-state index contributed by atoms with van der Waals surface area (Å²) in [4.78, 5) is 24.5. The molecule has 22 heavy (non-hydrogen) atoms. The summed E-state index contributed by atoms with van der Waals surface area (Å²) >= 11 is 7.13. The summed E-state index contributed by atoms with van der Waals surface area (Å²) in [5.74, 6) is -0.999. The van der Waals surface area contributed by atoms with Gasteiger partial charge in [-0.15, -0.1) is 11.3 Å². The standard InChI is InChI=1S/C15H13ClN2O3S/c16-8-4-6-9(7-5-8)17-15(21)18-13-12(14(19)20)10-2-1-3-11(10)22-13/h4-7H,1-3H2,(H,19,20)(H2,17,18,21). The van der Waals surface area contributed by atoms with Crippen LogP contribution < -0.4 is 10.6 Å². The van der Waals surface area contributed by atoms with E-state index < -0.39 is 12.0 Å². The number of thiophene rings is 1. The Morgan fingerprint density at radius 2 is 1.86 bits per heavy atom. The van der Waals surface area contributed by atoms with Crippen LogP contribution in [-0.2, 0) is 12.8 Å². The average molecular weight is 337 g/mol. The van der Waals surface area contributed by atoms with E-state index in [9.17, 15) is 14.7 Å². The first kappa shape index (κ1) is 14.9. The number of rotatable bonds is 3. The van der Waals surface area contributed by atoms with Gasteiger partial charge in [-0.25, -0.2) is 9.59 Å².